The molecule has 0 saturated carbocycles. The second-order valence-electron chi connectivity index (χ2n) is 3.74. The minimum atomic E-state index is -0.300. The number of nitriles is 2. The van der Waals surface area contributed by atoms with Crippen LogP contribution in [0.5, 0.6) is 0 Å². The van der Waals surface area contributed by atoms with E-state index in [1.54, 1.807) is 25.1 Å². The molecule has 1 aromatic carbocycles. The summed E-state index contributed by atoms with van der Waals surface area (Å²) in [4.78, 5) is 11.3. The summed E-state index contributed by atoms with van der Waals surface area (Å²) in [5.74, 6) is -0.300. The number of esters is 1. The lowest BCUT2D eigenvalue weighted by Gasteiger charge is -2.05. The molecule has 0 spiro atoms. The van der Waals surface area contributed by atoms with Crippen molar-refractivity contribution in [3.05, 3.63) is 34.9 Å². The van der Waals surface area contributed by atoms with E-state index in [1.165, 1.54) is 0 Å². The van der Waals surface area contributed by atoms with E-state index in [4.69, 9.17) is 15.3 Å². The maximum absolute atomic E-state index is 11.3. The van der Waals surface area contributed by atoms with Gasteiger partial charge in [0.25, 0.3) is 0 Å². The van der Waals surface area contributed by atoms with Gasteiger partial charge in [-0.1, -0.05) is 12.1 Å². The second kappa shape index (κ2) is 7.09. The molecule has 0 amide bonds. The van der Waals surface area contributed by atoms with Crippen molar-refractivity contribution < 1.29 is 9.53 Å². The Morgan fingerprint density at radius 3 is 2.78 bits per heavy atom. The van der Waals surface area contributed by atoms with Gasteiger partial charge in [0.2, 0.25) is 0 Å². The molecule has 0 aliphatic carbocycles. The molecule has 0 heterocycles. The number of benzene rings is 1. The zero-order chi connectivity index (χ0) is 13.4. The maximum atomic E-state index is 11.3. The Balaban J connectivity index is 2.83. The Kier molecular flexibility index (Phi) is 5.41. The fourth-order valence-corrected chi connectivity index (χ4v) is 1.62. The number of carbonyl (C=O) groups is 1. The van der Waals surface area contributed by atoms with Crippen LogP contribution >= 0.6 is 0 Å². The highest BCUT2D eigenvalue weighted by Crippen LogP contribution is 2.14. The first-order chi connectivity index (χ1) is 8.71. The molecule has 0 fully saturated rings. The Morgan fingerprint density at radius 1 is 1.39 bits per heavy atom. The molecule has 0 unspecified atom stereocenters. The van der Waals surface area contributed by atoms with Crippen LogP contribution in [-0.2, 0) is 22.4 Å². The van der Waals surface area contributed by atoms with Gasteiger partial charge in [0.05, 0.1) is 30.7 Å². The van der Waals surface area contributed by atoms with Crippen molar-refractivity contribution in [2.75, 3.05) is 6.61 Å². The maximum Gasteiger partial charge on any atom is 0.310 e. The van der Waals surface area contributed by atoms with E-state index in [0.717, 1.165) is 11.1 Å². The van der Waals surface area contributed by atoms with E-state index in [0.29, 0.717) is 25.0 Å². The quantitative estimate of drug-likeness (QED) is 0.741. The number of aryl methyl sites for hydroxylation is 1. The van der Waals surface area contributed by atoms with Crippen LogP contribution in [0.1, 0.15) is 30.0 Å². The Morgan fingerprint density at radius 2 is 2.17 bits per heavy atom. The molecule has 92 valence electrons. The predicted octanol–water partition coefficient (Wildman–Crippen LogP) is 2.12. The number of hydrogen-bond acceptors (Lipinski definition) is 4. The van der Waals surface area contributed by atoms with Crippen molar-refractivity contribution in [2.45, 2.75) is 26.2 Å². The van der Waals surface area contributed by atoms with E-state index in [9.17, 15) is 4.79 Å². The average molecular weight is 242 g/mol. The van der Waals surface area contributed by atoms with E-state index >= 15 is 0 Å². The first kappa shape index (κ1) is 13.7. The first-order valence-corrected chi connectivity index (χ1v) is 5.75. The van der Waals surface area contributed by atoms with E-state index in [1.807, 2.05) is 6.07 Å². The number of carbonyl (C=O) groups excluding carboxylic acids is 1. The standard InChI is InChI=1S/C14H14N2O2/c1-2-18-14(17)9-11-5-6-12(4-3-7-15)13(8-11)10-16/h5-6,8H,2-4,9H2,1H3. The van der Waals surface area contributed by atoms with Gasteiger partial charge in [-0.15, -0.1) is 0 Å². The van der Waals surface area contributed by atoms with Crippen LogP contribution in [0.3, 0.4) is 0 Å². The summed E-state index contributed by atoms with van der Waals surface area (Å²) in [6.07, 6.45) is 1.10. The summed E-state index contributed by atoms with van der Waals surface area (Å²) >= 11 is 0. The van der Waals surface area contributed by atoms with Gasteiger partial charge in [-0.3, -0.25) is 4.79 Å². The molecule has 0 radical (unpaired) electrons. The SMILES string of the molecule is CCOC(=O)Cc1ccc(CCC#N)c(C#N)c1. The summed E-state index contributed by atoms with van der Waals surface area (Å²) in [5, 5.41) is 17.6. The fraction of sp³-hybridized carbons (Fsp3) is 0.357. The molecule has 1 aromatic rings. The van der Waals surface area contributed by atoms with Crippen molar-refractivity contribution in [1.29, 1.82) is 10.5 Å². The third kappa shape index (κ3) is 3.92. The lowest BCUT2D eigenvalue weighted by atomic mass is 10.00. The highest BCUT2D eigenvalue weighted by Gasteiger charge is 2.07. The number of rotatable bonds is 5. The normalized spacial score (nSPS) is 9.28. The van der Waals surface area contributed by atoms with Crippen molar-refractivity contribution in [1.82, 2.24) is 0 Å². The molecule has 4 heteroatoms. The van der Waals surface area contributed by atoms with Gasteiger partial charge in [0, 0.05) is 6.42 Å². The molecular formula is C14H14N2O2. The van der Waals surface area contributed by atoms with Crippen LogP contribution in [0, 0.1) is 22.7 Å². The zero-order valence-electron chi connectivity index (χ0n) is 10.3. The van der Waals surface area contributed by atoms with Crippen molar-refractivity contribution in [3.8, 4) is 12.1 Å². The Bertz CT molecular complexity index is 510. The van der Waals surface area contributed by atoms with Crippen molar-refractivity contribution in [2.24, 2.45) is 0 Å². The number of nitrogens with zero attached hydrogens (tertiary/aromatic N) is 2. The number of ether oxygens (including phenoxy) is 1. The highest BCUT2D eigenvalue weighted by atomic mass is 16.5. The highest BCUT2D eigenvalue weighted by molar-refractivity contribution is 5.72. The molecule has 0 N–H and O–H groups in total. The van der Waals surface area contributed by atoms with Gasteiger partial charge in [-0.05, 0) is 30.5 Å². The van der Waals surface area contributed by atoms with Gasteiger partial charge < -0.3 is 4.74 Å². The summed E-state index contributed by atoms with van der Waals surface area (Å²) in [5.41, 5.74) is 2.12. The molecule has 0 aromatic heterocycles. The lowest BCUT2D eigenvalue weighted by molar-refractivity contribution is -0.142. The van der Waals surface area contributed by atoms with Gasteiger partial charge in [-0.25, -0.2) is 0 Å². The van der Waals surface area contributed by atoms with E-state index in [-0.39, 0.29) is 12.4 Å². The van der Waals surface area contributed by atoms with Gasteiger partial charge in [0.1, 0.15) is 0 Å². The number of hydrogen-bond donors (Lipinski definition) is 0. The van der Waals surface area contributed by atoms with Gasteiger partial charge >= 0.3 is 5.97 Å². The van der Waals surface area contributed by atoms with E-state index < -0.39 is 0 Å². The molecule has 18 heavy (non-hydrogen) atoms. The third-order valence-electron chi connectivity index (χ3n) is 2.45. The smallest absolute Gasteiger partial charge is 0.310 e. The molecule has 0 aliphatic rings. The average Bonchev–Trinajstić information content (AvgIpc) is 2.37. The van der Waals surface area contributed by atoms with Crippen LogP contribution in [0.4, 0.5) is 0 Å². The van der Waals surface area contributed by atoms with Crippen LogP contribution in [-0.4, -0.2) is 12.6 Å². The minimum Gasteiger partial charge on any atom is -0.466 e. The minimum absolute atomic E-state index is 0.168. The molecule has 0 bridgehead atoms. The molecule has 1 rings (SSSR count). The summed E-state index contributed by atoms with van der Waals surface area (Å²) in [6.45, 7) is 2.10. The molecule has 4 nitrogen and oxygen atoms in total. The van der Waals surface area contributed by atoms with Crippen LogP contribution in [0.15, 0.2) is 18.2 Å². The molecule has 0 atom stereocenters. The zero-order valence-corrected chi connectivity index (χ0v) is 10.3. The summed E-state index contributed by atoms with van der Waals surface area (Å²) in [6, 6.07) is 9.41. The fourth-order valence-electron chi connectivity index (χ4n) is 1.62. The topological polar surface area (TPSA) is 73.9 Å². The van der Waals surface area contributed by atoms with Crippen LogP contribution in [0.2, 0.25) is 0 Å². The lowest BCUT2D eigenvalue weighted by Crippen LogP contribution is -2.07. The molecule has 0 aliphatic heterocycles. The van der Waals surface area contributed by atoms with Crippen LogP contribution in [0.25, 0.3) is 0 Å². The van der Waals surface area contributed by atoms with Crippen molar-refractivity contribution in [3.63, 3.8) is 0 Å². The van der Waals surface area contributed by atoms with E-state index in [2.05, 4.69) is 6.07 Å². The molecule has 0 saturated heterocycles. The van der Waals surface area contributed by atoms with Crippen molar-refractivity contribution >= 4 is 5.97 Å². The Hall–Kier alpha value is -2.33. The second-order valence-corrected chi connectivity index (χ2v) is 3.74. The third-order valence-corrected chi connectivity index (χ3v) is 2.45. The van der Waals surface area contributed by atoms with Gasteiger partial charge in [0.15, 0.2) is 0 Å². The first-order valence-electron chi connectivity index (χ1n) is 5.75. The monoisotopic (exact) mass is 242 g/mol. The summed E-state index contributed by atoms with van der Waals surface area (Å²) in [7, 11) is 0. The largest absolute Gasteiger partial charge is 0.466 e. The molecular weight excluding hydrogens is 228 g/mol. The summed E-state index contributed by atoms with van der Waals surface area (Å²) < 4.78 is 4.85. The van der Waals surface area contributed by atoms with Gasteiger partial charge in [-0.2, -0.15) is 10.5 Å². The Labute approximate surface area is 106 Å². The van der Waals surface area contributed by atoms with Crippen LogP contribution < -0.4 is 0 Å². The predicted molar refractivity (Wildman–Crippen MR) is 65.4 cm³/mol.